The van der Waals surface area contributed by atoms with E-state index in [0.29, 0.717) is 12.1 Å². The van der Waals surface area contributed by atoms with Gasteiger partial charge in [0.25, 0.3) is 0 Å². The number of fused-ring (bicyclic) bond motifs is 1. The topological polar surface area (TPSA) is 59.6 Å². The quantitative estimate of drug-likeness (QED) is 0.460. The van der Waals surface area contributed by atoms with E-state index in [0.717, 1.165) is 38.1 Å². The highest BCUT2D eigenvalue weighted by molar-refractivity contribution is 5.93. The van der Waals surface area contributed by atoms with Crippen molar-refractivity contribution in [3.8, 4) is 0 Å². The number of hydrogen-bond donors (Lipinski definition) is 2. The van der Waals surface area contributed by atoms with Crippen molar-refractivity contribution in [2.45, 2.75) is 58.5 Å². The Morgan fingerprint density at radius 2 is 2.09 bits per heavy atom. The highest BCUT2D eigenvalue weighted by Crippen LogP contribution is 2.27. The molecule has 1 aliphatic carbocycles. The first kappa shape index (κ1) is 16.8. The Hall–Kier alpha value is -1.55. The van der Waals surface area contributed by atoms with E-state index >= 15 is 0 Å². The number of nitrogens with two attached hydrogens (primary N) is 1. The van der Waals surface area contributed by atoms with Gasteiger partial charge in [-0.15, -0.1) is 0 Å². The molecular weight excluding hydrogens is 274 g/mol. The summed E-state index contributed by atoms with van der Waals surface area (Å²) in [5.74, 6) is 0.517. The average Bonchev–Trinajstić information content (AvgIpc) is 2.51. The van der Waals surface area contributed by atoms with E-state index in [1.54, 1.807) is 0 Å². The lowest BCUT2D eigenvalue weighted by Crippen LogP contribution is -2.24. The molecule has 0 unspecified atom stereocenters. The van der Waals surface area contributed by atoms with Gasteiger partial charge < -0.3 is 15.8 Å². The number of unbranched alkanes of at least 4 members (excludes halogenated alkanes) is 1. The number of guanidine groups is 1. The number of nitrogens with zero attached hydrogens (tertiary/aromatic N) is 1. The van der Waals surface area contributed by atoms with E-state index < -0.39 is 0 Å². The Kier molecular flexibility index (Phi) is 6.72. The van der Waals surface area contributed by atoms with Gasteiger partial charge in [-0.05, 0) is 69.6 Å². The second kappa shape index (κ2) is 8.79. The van der Waals surface area contributed by atoms with Gasteiger partial charge in [-0.2, -0.15) is 0 Å². The normalized spacial score (nSPS) is 15.0. The number of aliphatic imine (C=N–C) groups is 1. The molecule has 0 atom stereocenters. The van der Waals surface area contributed by atoms with E-state index in [9.17, 15) is 0 Å². The molecule has 0 bridgehead atoms. The zero-order chi connectivity index (χ0) is 15.8. The molecule has 0 aromatic heterocycles. The molecule has 0 saturated carbocycles. The summed E-state index contributed by atoms with van der Waals surface area (Å²) in [5, 5.41) is 3.28. The van der Waals surface area contributed by atoms with Crippen LogP contribution in [0.2, 0.25) is 0 Å². The molecule has 4 heteroatoms. The molecule has 0 amide bonds. The van der Waals surface area contributed by atoms with Gasteiger partial charge in [0.1, 0.15) is 0 Å². The lowest BCUT2D eigenvalue weighted by Gasteiger charge is -2.19. The molecule has 1 aliphatic rings. The average molecular weight is 303 g/mol. The molecule has 0 heterocycles. The predicted octanol–water partition coefficient (Wildman–Crippen LogP) is 3.50. The first-order valence-electron chi connectivity index (χ1n) is 8.46. The van der Waals surface area contributed by atoms with Crippen molar-refractivity contribution in [1.29, 1.82) is 0 Å². The molecule has 122 valence electrons. The molecule has 0 fully saturated rings. The molecular formula is C18H29N3O. The Bertz CT molecular complexity index is 497. The van der Waals surface area contributed by atoms with E-state index in [2.05, 4.69) is 42.4 Å². The number of rotatable bonds is 7. The molecule has 22 heavy (non-hydrogen) atoms. The van der Waals surface area contributed by atoms with Gasteiger partial charge in [0.15, 0.2) is 5.96 Å². The highest BCUT2D eigenvalue weighted by Gasteiger charge is 2.12. The van der Waals surface area contributed by atoms with Crippen LogP contribution in [0, 0.1) is 0 Å². The van der Waals surface area contributed by atoms with E-state index in [1.807, 2.05) is 0 Å². The van der Waals surface area contributed by atoms with Crippen LogP contribution in [0.25, 0.3) is 0 Å². The summed E-state index contributed by atoms with van der Waals surface area (Å²) in [4.78, 5) is 4.41. The Morgan fingerprint density at radius 3 is 2.91 bits per heavy atom. The zero-order valence-corrected chi connectivity index (χ0v) is 13.9. The molecule has 4 nitrogen and oxygen atoms in total. The summed E-state index contributed by atoms with van der Waals surface area (Å²) >= 11 is 0. The third-order valence-electron chi connectivity index (χ3n) is 3.94. The molecule has 2 rings (SSSR count). The number of hydrogen-bond acceptors (Lipinski definition) is 2. The zero-order valence-electron chi connectivity index (χ0n) is 13.9. The number of anilines is 1. The van der Waals surface area contributed by atoms with Crippen molar-refractivity contribution < 1.29 is 4.74 Å². The van der Waals surface area contributed by atoms with E-state index in [1.165, 1.54) is 30.4 Å². The summed E-state index contributed by atoms with van der Waals surface area (Å²) in [7, 11) is 0. The van der Waals surface area contributed by atoms with Crippen LogP contribution in [-0.4, -0.2) is 25.2 Å². The van der Waals surface area contributed by atoms with E-state index in [4.69, 9.17) is 10.5 Å². The summed E-state index contributed by atoms with van der Waals surface area (Å²) in [6, 6.07) is 6.42. The van der Waals surface area contributed by atoms with Crippen LogP contribution in [0.15, 0.2) is 23.2 Å². The maximum atomic E-state index is 6.01. The second-order valence-corrected chi connectivity index (χ2v) is 6.17. The molecule has 0 radical (unpaired) electrons. The van der Waals surface area contributed by atoms with Crippen molar-refractivity contribution in [2.24, 2.45) is 10.7 Å². The van der Waals surface area contributed by atoms with Crippen LogP contribution in [-0.2, 0) is 17.6 Å². The maximum absolute atomic E-state index is 6.01. The summed E-state index contributed by atoms with van der Waals surface area (Å²) < 4.78 is 5.51. The third kappa shape index (κ3) is 5.34. The summed E-state index contributed by atoms with van der Waals surface area (Å²) in [5.41, 5.74) is 10.0. The van der Waals surface area contributed by atoms with Crippen molar-refractivity contribution in [2.75, 3.05) is 18.5 Å². The fourth-order valence-electron chi connectivity index (χ4n) is 2.81. The SMILES string of the molecule is CC(C)OCCCCN=C(N)Nc1cccc2c1CCCC2. The van der Waals surface area contributed by atoms with Crippen LogP contribution in [0.1, 0.15) is 50.7 Å². The van der Waals surface area contributed by atoms with Crippen LogP contribution in [0.4, 0.5) is 5.69 Å². The Balaban J connectivity index is 1.79. The van der Waals surface area contributed by atoms with Gasteiger partial charge in [-0.1, -0.05) is 12.1 Å². The van der Waals surface area contributed by atoms with Gasteiger partial charge in [0, 0.05) is 18.8 Å². The minimum Gasteiger partial charge on any atom is -0.379 e. The highest BCUT2D eigenvalue weighted by atomic mass is 16.5. The minimum atomic E-state index is 0.305. The van der Waals surface area contributed by atoms with Crippen LogP contribution < -0.4 is 11.1 Å². The Morgan fingerprint density at radius 1 is 1.27 bits per heavy atom. The minimum absolute atomic E-state index is 0.305. The van der Waals surface area contributed by atoms with Crippen molar-refractivity contribution >= 4 is 11.6 Å². The third-order valence-corrected chi connectivity index (χ3v) is 3.94. The standard InChI is InChI=1S/C18H29N3O/c1-14(2)22-13-6-5-12-20-18(19)21-17-11-7-9-15-8-3-4-10-16(15)17/h7,9,11,14H,3-6,8,10,12-13H2,1-2H3,(H3,19,20,21). The molecule has 3 N–H and O–H groups in total. The molecule has 1 aromatic rings. The fraction of sp³-hybridized carbons (Fsp3) is 0.611. The maximum Gasteiger partial charge on any atom is 0.193 e. The molecule has 1 aromatic carbocycles. The molecule has 0 aliphatic heterocycles. The van der Waals surface area contributed by atoms with Crippen LogP contribution >= 0.6 is 0 Å². The monoisotopic (exact) mass is 303 g/mol. The number of nitrogens with one attached hydrogen (secondary N) is 1. The number of aryl methyl sites for hydroxylation is 1. The van der Waals surface area contributed by atoms with Crippen molar-refractivity contribution in [3.05, 3.63) is 29.3 Å². The van der Waals surface area contributed by atoms with Gasteiger partial charge in [0.2, 0.25) is 0 Å². The van der Waals surface area contributed by atoms with Gasteiger partial charge in [0.05, 0.1) is 6.10 Å². The van der Waals surface area contributed by atoms with Crippen LogP contribution in [0.3, 0.4) is 0 Å². The predicted molar refractivity (Wildman–Crippen MR) is 93.5 cm³/mol. The van der Waals surface area contributed by atoms with Gasteiger partial charge >= 0.3 is 0 Å². The second-order valence-electron chi connectivity index (χ2n) is 6.17. The number of ether oxygens (including phenoxy) is 1. The summed E-state index contributed by atoms with van der Waals surface area (Å²) in [6.07, 6.45) is 7.20. The van der Waals surface area contributed by atoms with Crippen LogP contribution in [0.5, 0.6) is 0 Å². The fourth-order valence-corrected chi connectivity index (χ4v) is 2.81. The van der Waals surface area contributed by atoms with Crippen molar-refractivity contribution in [3.63, 3.8) is 0 Å². The Labute approximate surface area is 134 Å². The van der Waals surface area contributed by atoms with E-state index in [-0.39, 0.29) is 0 Å². The lowest BCUT2D eigenvalue weighted by atomic mass is 9.90. The molecule has 0 spiro atoms. The molecule has 0 saturated heterocycles. The lowest BCUT2D eigenvalue weighted by molar-refractivity contribution is 0.0764. The number of benzene rings is 1. The smallest absolute Gasteiger partial charge is 0.193 e. The van der Waals surface area contributed by atoms with Crippen molar-refractivity contribution in [1.82, 2.24) is 0 Å². The first-order chi connectivity index (χ1) is 10.7. The van der Waals surface area contributed by atoms with Gasteiger partial charge in [-0.3, -0.25) is 4.99 Å². The first-order valence-corrected chi connectivity index (χ1v) is 8.46. The summed E-state index contributed by atoms with van der Waals surface area (Å²) in [6.45, 7) is 5.66. The van der Waals surface area contributed by atoms with Gasteiger partial charge in [-0.25, -0.2) is 0 Å². The largest absolute Gasteiger partial charge is 0.379 e.